The van der Waals surface area contributed by atoms with Crippen LogP contribution in [0, 0.1) is 11.8 Å². The maximum absolute atomic E-state index is 12.8. The number of alkyl halides is 3. The van der Waals surface area contributed by atoms with Gasteiger partial charge in [0, 0.05) is 26.3 Å². The number of carboxylic acids is 1. The van der Waals surface area contributed by atoms with Gasteiger partial charge in [-0.1, -0.05) is 0 Å². The van der Waals surface area contributed by atoms with Crippen LogP contribution in [0.25, 0.3) is 0 Å². The van der Waals surface area contributed by atoms with E-state index in [4.69, 9.17) is 5.11 Å². The summed E-state index contributed by atoms with van der Waals surface area (Å²) < 4.78 is 64.7. The number of nitrogens with zero attached hydrogens (tertiary/aromatic N) is 3. The molecule has 1 fully saturated rings. The van der Waals surface area contributed by atoms with Gasteiger partial charge in [0.15, 0.2) is 0 Å². The number of aryl methyl sites for hydroxylation is 1. The number of sulfonamides is 1. The molecule has 1 aromatic rings. The zero-order chi connectivity index (χ0) is 16.0. The Balaban J connectivity index is 0.00000242. The Morgan fingerprint density at radius 1 is 1.41 bits per heavy atom. The third-order valence-electron chi connectivity index (χ3n) is 3.34. The molecular formula is C10H13ClF3N3O4S. The number of halogens is 4. The highest BCUT2D eigenvalue weighted by Crippen LogP contribution is 2.39. The van der Waals surface area contributed by atoms with Crippen molar-refractivity contribution in [2.24, 2.45) is 18.9 Å². The summed E-state index contributed by atoms with van der Waals surface area (Å²) in [5, 5.41) is 12.5. The molecule has 1 aromatic heterocycles. The molecular weight excluding hydrogens is 351 g/mol. The molecule has 7 nitrogen and oxygen atoms in total. The van der Waals surface area contributed by atoms with Crippen LogP contribution in [-0.4, -0.2) is 52.8 Å². The van der Waals surface area contributed by atoms with Gasteiger partial charge in [0.1, 0.15) is 4.90 Å². The summed E-state index contributed by atoms with van der Waals surface area (Å²) in [7, 11) is -2.73. The average molecular weight is 364 g/mol. The molecule has 0 radical (unpaired) electrons. The maximum Gasteiger partial charge on any atom is 0.393 e. The lowest BCUT2D eigenvalue weighted by molar-refractivity contribution is -0.187. The zero-order valence-electron chi connectivity index (χ0n) is 11.2. The van der Waals surface area contributed by atoms with Crippen molar-refractivity contribution in [3.8, 4) is 0 Å². The second-order valence-corrected chi connectivity index (χ2v) is 6.70. The van der Waals surface area contributed by atoms with Crippen LogP contribution in [0.3, 0.4) is 0 Å². The average Bonchev–Trinajstić information content (AvgIpc) is 2.93. The second kappa shape index (κ2) is 6.05. The van der Waals surface area contributed by atoms with Crippen LogP contribution in [0.15, 0.2) is 17.3 Å². The van der Waals surface area contributed by atoms with Crippen molar-refractivity contribution >= 4 is 28.4 Å². The number of aliphatic carboxylic acids is 1. The summed E-state index contributed by atoms with van der Waals surface area (Å²) in [6.07, 6.45) is -2.62. The molecule has 2 rings (SSSR count). The summed E-state index contributed by atoms with van der Waals surface area (Å²) in [5.41, 5.74) is 0. The highest BCUT2D eigenvalue weighted by molar-refractivity contribution is 7.89. The molecule has 0 aliphatic carbocycles. The molecule has 2 atom stereocenters. The summed E-state index contributed by atoms with van der Waals surface area (Å²) >= 11 is 0. The second-order valence-electron chi connectivity index (χ2n) is 4.76. The molecule has 1 aliphatic heterocycles. The zero-order valence-corrected chi connectivity index (χ0v) is 12.8. The molecule has 1 aliphatic rings. The third kappa shape index (κ3) is 3.36. The summed E-state index contributed by atoms with van der Waals surface area (Å²) in [6.45, 7) is -1.62. The smallest absolute Gasteiger partial charge is 0.393 e. The summed E-state index contributed by atoms with van der Waals surface area (Å²) in [6, 6.07) is 0. The predicted molar refractivity (Wildman–Crippen MR) is 69.9 cm³/mol. The Bertz CT molecular complexity index is 661. The first-order valence-electron chi connectivity index (χ1n) is 5.82. The first-order valence-corrected chi connectivity index (χ1v) is 7.26. The number of hydrogen-bond acceptors (Lipinski definition) is 4. The topological polar surface area (TPSA) is 92.5 Å². The highest BCUT2D eigenvalue weighted by atomic mass is 35.5. The molecule has 22 heavy (non-hydrogen) atoms. The van der Waals surface area contributed by atoms with E-state index in [0.717, 1.165) is 12.4 Å². The van der Waals surface area contributed by atoms with E-state index >= 15 is 0 Å². The minimum Gasteiger partial charge on any atom is -0.481 e. The third-order valence-corrected chi connectivity index (χ3v) is 5.13. The molecule has 0 saturated carbocycles. The summed E-state index contributed by atoms with van der Waals surface area (Å²) in [4.78, 5) is 10.7. The van der Waals surface area contributed by atoms with Gasteiger partial charge in [-0.05, 0) is 0 Å². The van der Waals surface area contributed by atoms with E-state index in [1.165, 1.54) is 11.7 Å². The molecule has 0 bridgehead atoms. The van der Waals surface area contributed by atoms with Crippen molar-refractivity contribution in [3.63, 3.8) is 0 Å². The van der Waals surface area contributed by atoms with E-state index in [1.807, 2.05) is 0 Å². The van der Waals surface area contributed by atoms with E-state index in [0.29, 0.717) is 4.31 Å². The Morgan fingerprint density at radius 3 is 2.36 bits per heavy atom. The van der Waals surface area contributed by atoms with Crippen molar-refractivity contribution < 1.29 is 31.5 Å². The largest absolute Gasteiger partial charge is 0.481 e. The monoisotopic (exact) mass is 363 g/mol. The van der Waals surface area contributed by atoms with Crippen LogP contribution in [0.4, 0.5) is 13.2 Å². The van der Waals surface area contributed by atoms with Gasteiger partial charge < -0.3 is 5.11 Å². The van der Waals surface area contributed by atoms with E-state index in [9.17, 15) is 26.4 Å². The van der Waals surface area contributed by atoms with Crippen molar-refractivity contribution in [2.75, 3.05) is 13.1 Å². The normalized spacial score (nSPS) is 23.3. The van der Waals surface area contributed by atoms with E-state index in [1.54, 1.807) is 0 Å². The first-order chi connectivity index (χ1) is 9.53. The van der Waals surface area contributed by atoms with Gasteiger partial charge >= 0.3 is 12.1 Å². The molecule has 12 heteroatoms. The Hall–Kier alpha value is -1.33. The molecule has 0 aromatic carbocycles. The quantitative estimate of drug-likeness (QED) is 0.854. The number of carbonyl (C=O) groups is 1. The van der Waals surface area contributed by atoms with Crippen molar-refractivity contribution in [1.82, 2.24) is 14.1 Å². The molecule has 1 N–H and O–H groups in total. The van der Waals surface area contributed by atoms with Crippen LogP contribution in [-0.2, 0) is 21.9 Å². The predicted octanol–water partition coefficient (Wildman–Crippen LogP) is 0.726. The molecule has 0 unspecified atom stereocenters. The number of rotatable bonds is 3. The molecule has 0 spiro atoms. The lowest BCUT2D eigenvalue weighted by atomic mass is 9.96. The van der Waals surface area contributed by atoms with Crippen LogP contribution in [0.5, 0.6) is 0 Å². The molecule has 1 saturated heterocycles. The Kier molecular flexibility index (Phi) is 5.15. The lowest BCUT2D eigenvalue weighted by Crippen LogP contribution is -2.34. The SMILES string of the molecule is Cl.Cn1cc(S(=O)(=O)N2C[C@@H](C(F)(F)F)[C@H](C(=O)O)C2)cn1. The number of carboxylic acid groups (broad SMARTS) is 1. The van der Waals surface area contributed by atoms with Crippen molar-refractivity contribution in [2.45, 2.75) is 11.1 Å². The molecule has 126 valence electrons. The number of aromatic nitrogens is 2. The fraction of sp³-hybridized carbons (Fsp3) is 0.600. The van der Waals surface area contributed by atoms with Crippen molar-refractivity contribution in [1.29, 1.82) is 0 Å². The molecule has 0 amide bonds. The first kappa shape index (κ1) is 18.7. The Labute approximate surface area is 130 Å². The van der Waals surface area contributed by atoms with Crippen LogP contribution >= 0.6 is 12.4 Å². The van der Waals surface area contributed by atoms with Gasteiger partial charge in [-0.2, -0.15) is 22.6 Å². The standard InChI is InChI=1S/C10H12F3N3O4S.ClH/c1-15-3-6(2-14-15)21(19,20)16-4-7(9(17)18)8(5-16)10(11,12)13;/h2-3,7-8H,4-5H2,1H3,(H,17,18);1H/t7-,8-;/m1./s1. The minimum absolute atomic E-state index is 0. The van der Waals surface area contributed by atoms with Gasteiger partial charge in [0.2, 0.25) is 10.0 Å². The van der Waals surface area contributed by atoms with Gasteiger partial charge in [0.05, 0.1) is 18.0 Å². The van der Waals surface area contributed by atoms with Gasteiger partial charge in [-0.3, -0.25) is 9.48 Å². The van der Waals surface area contributed by atoms with Crippen LogP contribution in [0.1, 0.15) is 0 Å². The van der Waals surface area contributed by atoms with Gasteiger partial charge in [0.25, 0.3) is 0 Å². The minimum atomic E-state index is -4.78. The van der Waals surface area contributed by atoms with Crippen LogP contribution < -0.4 is 0 Å². The van der Waals surface area contributed by atoms with E-state index < -0.39 is 47.1 Å². The summed E-state index contributed by atoms with van der Waals surface area (Å²) in [5.74, 6) is -5.70. The van der Waals surface area contributed by atoms with Crippen molar-refractivity contribution in [3.05, 3.63) is 12.4 Å². The Morgan fingerprint density at radius 2 is 2.00 bits per heavy atom. The van der Waals surface area contributed by atoms with Crippen LogP contribution in [0.2, 0.25) is 0 Å². The maximum atomic E-state index is 12.8. The lowest BCUT2D eigenvalue weighted by Gasteiger charge is -2.18. The van der Waals surface area contributed by atoms with Gasteiger partial charge in [-0.25, -0.2) is 8.42 Å². The van der Waals surface area contributed by atoms with Gasteiger partial charge in [-0.15, -0.1) is 12.4 Å². The highest BCUT2D eigenvalue weighted by Gasteiger charge is 2.55. The fourth-order valence-electron chi connectivity index (χ4n) is 2.23. The number of hydrogen-bond donors (Lipinski definition) is 1. The van der Waals surface area contributed by atoms with E-state index in [2.05, 4.69) is 5.10 Å². The fourth-order valence-corrected chi connectivity index (χ4v) is 3.70. The van der Waals surface area contributed by atoms with E-state index in [-0.39, 0.29) is 17.3 Å². The molecule has 2 heterocycles.